The summed E-state index contributed by atoms with van der Waals surface area (Å²) < 4.78 is 145. The zero-order chi connectivity index (χ0) is 20.0. The first kappa shape index (κ1) is 21.0. The van der Waals surface area contributed by atoms with Crippen LogP contribution in [0.1, 0.15) is 12.5 Å². The zero-order valence-electron chi connectivity index (χ0n) is 11.9. The van der Waals surface area contributed by atoms with Gasteiger partial charge in [-0.2, -0.15) is 39.5 Å². The highest BCUT2D eigenvalue weighted by Gasteiger charge is 2.87. The molecule has 142 valence electrons. The first-order chi connectivity index (χ1) is 11.0. The quantitative estimate of drug-likeness (QED) is 0.595. The molecule has 12 heteroatoms. The van der Waals surface area contributed by atoms with Crippen molar-refractivity contribution in [1.29, 1.82) is 0 Å². The summed E-state index contributed by atoms with van der Waals surface area (Å²) in [7, 11) is 0. The molecule has 0 spiro atoms. The molecule has 1 rings (SSSR count). The molecule has 0 fully saturated rings. The second-order valence-electron chi connectivity index (χ2n) is 4.83. The highest BCUT2D eigenvalue weighted by atomic mass is 19.4. The maximum absolute atomic E-state index is 13.7. The van der Waals surface area contributed by atoms with Gasteiger partial charge in [0.25, 0.3) is 0 Å². The predicted molar refractivity (Wildman–Crippen MR) is 62.6 cm³/mol. The van der Waals surface area contributed by atoms with Crippen LogP contribution in [-0.2, 0) is 0 Å². The van der Waals surface area contributed by atoms with Crippen LogP contribution in [0.5, 0.6) is 5.75 Å². The van der Waals surface area contributed by atoms with Gasteiger partial charge in [-0.3, -0.25) is 0 Å². The van der Waals surface area contributed by atoms with Gasteiger partial charge in [0.15, 0.2) is 17.4 Å². The average Bonchev–Trinajstić information content (AvgIpc) is 2.32. The summed E-state index contributed by atoms with van der Waals surface area (Å²) in [5, 5.41) is 0. The molecule has 0 aromatic heterocycles. The van der Waals surface area contributed by atoms with Gasteiger partial charge in [0, 0.05) is 0 Å². The SMILES string of the molecule is C=C(C)c1cc(F)c(OC(C(F)(F)F)(C(F)(F)F)C(F)(F)F)c(F)c1. The van der Waals surface area contributed by atoms with Crippen LogP contribution < -0.4 is 4.74 Å². The Morgan fingerprint density at radius 2 is 1.12 bits per heavy atom. The van der Waals surface area contributed by atoms with E-state index < -0.39 is 47.1 Å². The van der Waals surface area contributed by atoms with Crippen molar-refractivity contribution in [2.75, 3.05) is 0 Å². The third-order valence-corrected chi connectivity index (χ3v) is 2.94. The lowest BCUT2D eigenvalue weighted by molar-refractivity contribution is -0.437. The van der Waals surface area contributed by atoms with Crippen molar-refractivity contribution in [1.82, 2.24) is 0 Å². The molecule has 0 saturated heterocycles. The summed E-state index contributed by atoms with van der Waals surface area (Å²) in [5.74, 6) is -6.86. The Kier molecular flexibility index (Phi) is 5.10. The lowest BCUT2D eigenvalue weighted by atomic mass is 10.0. The molecule has 25 heavy (non-hydrogen) atoms. The molecule has 0 aliphatic rings. The summed E-state index contributed by atoms with van der Waals surface area (Å²) in [6, 6.07) is 0.378. The Bertz CT molecular complexity index is 607. The number of ether oxygens (including phenoxy) is 1. The number of allylic oxidation sites excluding steroid dienone is 1. The normalized spacial score (nSPS) is 13.8. The predicted octanol–water partition coefficient (Wildman–Crippen LogP) is 5.80. The number of hydrogen-bond acceptors (Lipinski definition) is 1. The highest BCUT2D eigenvalue weighted by molar-refractivity contribution is 5.62. The summed E-state index contributed by atoms with van der Waals surface area (Å²) in [6.07, 6.45) is -21.3. The van der Waals surface area contributed by atoms with Crippen molar-refractivity contribution in [3.8, 4) is 5.75 Å². The molecule has 0 N–H and O–H groups in total. The van der Waals surface area contributed by atoms with E-state index in [-0.39, 0.29) is 17.7 Å². The largest absolute Gasteiger partial charge is 0.456 e. The van der Waals surface area contributed by atoms with Crippen molar-refractivity contribution in [2.45, 2.75) is 31.1 Å². The number of benzene rings is 1. The van der Waals surface area contributed by atoms with Crippen LogP contribution in [0.3, 0.4) is 0 Å². The fourth-order valence-electron chi connectivity index (χ4n) is 1.71. The first-order valence-electron chi connectivity index (χ1n) is 6.00. The van der Waals surface area contributed by atoms with Crippen molar-refractivity contribution in [3.63, 3.8) is 0 Å². The van der Waals surface area contributed by atoms with Crippen molar-refractivity contribution < 1.29 is 53.0 Å². The van der Waals surface area contributed by atoms with Gasteiger partial charge >= 0.3 is 24.1 Å². The van der Waals surface area contributed by atoms with Crippen LogP contribution in [0.4, 0.5) is 48.3 Å². The smallest absolute Gasteiger partial charge is 0.447 e. The molecule has 0 heterocycles. The van der Waals surface area contributed by atoms with E-state index in [0.717, 1.165) is 0 Å². The van der Waals surface area contributed by atoms with E-state index in [2.05, 4.69) is 11.3 Å². The van der Waals surface area contributed by atoms with Gasteiger partial charge in [-0.15, -0.1) is 0 Å². The van der Waals surface area contributed by atoms with Gasteiger partial charge in [-0.05, 0) is 24.6 Å². The number of hydrogen-bond donors (Lipinski definition) is 0. The van der Waals surface area contributed by atoms with Crippen molar-refractivity contribution in [3.05, 3.63) is 35.9 Å². The van der Waals surface area contributed by atoms with E-state index in [0.29, 0.717) is 0 Å². The monoisotopic (exact) mass is 388 g/mol. The summed E-state index contributed by atoms with van der Waals surface area (Å²) in [5.41, 5.74) is -7.28. The maximum Gasteiger partial charge on any atom is 0.447 e. The standard InChI is InChI=1S/C13H7F11O/c1-5(2)6-3-7(14)9(8(15)4-6)25-10(11(16,17)18,12(19,20)21)13(22,23)24/h3-4H,1H2,2H3. The molecule has 1 aromatic rings. The molecule has 0 aliphatic heterocycles. The molecule has 0 radical (unpaired) electrons. The lowest BCUT2D eigenvalue weighted by Crippen LogP contribution is -2.69. The Hall–Kier alpha value is -2.01. The number of alkyl halides is 9. The summed E-state index contributed by atoms with van der Waals surface area (Å²) in [4.78, 5) is 0. The minimum absolute atomic E-state index is 0.0573. The second-order valence-corrected chi connectivity index (χ2v) is 4.83. The van der Waals surface area contributed by atoms with E-state index >= 15 is 0 Å². The van der Waals surface area contributed by atoms with Gasteiger partial charge < -0.3 is 4.74 Å². The fourth-order valence-corrected chi connectivity index (χ4v) is 1.71. The zero-order valence-corrected chi connectivity index (χ0v) is 11.9. The van der Waals surface area contributed by atoms with E-state index in [1.54, 1.807) is 0 Å². The van der Waals surface area contributed by atoms with Crippen LogP contribution >= 0.6 is 0 Å². The van der Waals surface area contributed by atoms with E-state index in [4.69, 9.17) is 0 Å². The van der Waals surface area contributed by atoms with Gasteiger partial charge in [0.1, 0.15) is 0 Å². The Balaban J connectivity index is 3.71. The third kappa shape index (κ3) is 3.52. The summed E-state index contributed by atoms with van der Waals surface area (Å²) >= 11 is 0. The number of halogens is 11. The second kappa shape index (κ2) is 6.06. The first-order valence-corrected chi connectivity index (χ1v) is 6.00. The molecule has 0 atom stereocenters. The van der Waals surface area contributed by atoms with Crippen LogP contribution in [-0.4, -0.2) is 24.1 Å². The molecule has 0 bridgehead atoms. The number of rotatable bonds is 3. The fraction of sp³-hybridized carbons (Fsp3) is 0.385. The maximum atomic E-state index is 13.7. The van der Waals surface area contributed by atoms with Crippen LogP contribution in [0, 0.1) is 11.6 Å². The molecule has 1 nitrogen and oxygen atoms in total. The van der Waals surface area contributed by atoms with E-state index in [1.165, 1.54) is 6.92 Å². The van der Waals surface area contributed by atoms with Gasteiger partial charge in [-0.1, -0.05) is 12.2 Å². The van der Waals surface area contributed by atoms with Crippen molar-refractivity contribution in [2.24, 2.45) is 0 Å². The van der Waals surface area contributed by atoms with Crippen molar-refractivity contribution >= 4 is 5.57 Å². The Morgan fingerprint density at radius 3 is 1.36 bits per heavy atom. The third-order valence-electron chi connectivity index (χ3n) is 2.94. The molecular formula is C13H7F11O. The van der Waals surface area contributed by atoms with Gasteiger partial charge in [-0.25, -0.2) is 8.78 Å². The minimum Gasteiger partial charge on any atom is -0.456 e. The summed E-state index contributed by atoms with van der Waals surface area (Å²) in [6.45, 7) is 4.40. The minimum atomic E-state index is -7.12. The van der Waals surface area contributed by atoms with Gasteiger partial charge in [0.2, 0.25) is 0 Å². The van der Waals surface area contributed by atoms with Crippen LogP contribution in [0.15, 0.2) is 18.7 Å². The van der Waals surface area contributed by atoms with Crippen LogP contribution in [0.25, 0.3) is 5.57 Å². The molecule has 1 aromatic carbocycles. The van der Waals surface area contributed by atoms with Gasteiger partial charge in [0.05, 0.1) is 0 Å². The molecular weight excluding hydrogens is 381 g/mol. The molecule has 0 unspecified atom stereocenters. The topological polar surface area (TPSA) is 9.23 Å². The molecule has 0 aliphatic carbocycles. The highest BCUT2D eigenvalue weighted by Crippen LogP contribution is 2.55. The Labute approximate surface area is 132 Å². The van der Waals surface area contributed by atoms with E-state index in [1.807, 2.05) is 0 Å². The molecule has 0 amide bonds. The lowest BCUT2D eigenvalue weighted by Gasteiger charge is -2.38. The Morgan fingerprint density at radius 1 is 0.800 bits per heavy atom. The van der Waals surface area contributed by atoms with E-state index in [9.17, 15) is 48.3 Å². The molecule has 0 saturated carbocycles. The van der Waals surface area contributed by atoms with Crippen LogP contribution in [0.2, 0.25) is 0 Å². The average molecular weight is 388 g/mol.